The van der Waals surface area contributed by atoms with Crippen LogP contribution in [0, 0.1) is 29.6 Å². The van der Waals surface area contributed by atoms with Crippen LogP contribution in [0.4, 0.5) is 4.79 Å². The van der Waals surface area contributed by atoms with Gasteiger partial charge >= 0.3 is 47.8 Å². The van der Waals surface area contributed by atoms with E-state index in [1.165, 1.54) is 0 Å². The van der Waals surface area contributed by atoms with Crippen LogP contribution in [0.1, 0.15) is 140 Å². The van der Waals surface area contributed by atoms with E-state index in [4.69, 9.17) is 5.11 Å². The number of aliphatic carboxylic acids is 7. The first-order valence-corrected chi connectivity index (χ1v) is 36.2. The van der Waals surface area contributed by atoms with Gasteiger partial charge in [-0.3, -0.25) is 72.3 Å². The summed E-state index contributed by atoms with van der Waals surface area (Å²) in [6.07, 6.45) is 2.16. The summed E-state index contributed by atoms with van der Waals surface area (Å²) in [6, 6.07) is 15.8. The van der Waals surface area contributed by atoms with Crippen LogP contribution in [-0.4, -0.2) is 255 Å². The summed E-state index contributed by atoms with van der Waals surface area (Å²) in [5.74, 6) is -14.1. The minimum absolute atomic E-state index is 0.0699. The van der Waals surface area contributed by atoms with Crippen LogP contribution in [0.15, 0.2) is 66.7 Å². The Kier molecular flexibility index (Phi) is 37.0. The molecular formula is C74H106N10O21. The zero-order valence-electron chi connectivity index (χ0n) is 60.3. The van der Waals surface area contributed by atoms with Crippen molar-refractivity contribution in [3.05, 3.63) is 83.4 Å². The number of unbranched alkanes of at least 4 members (excludes halogenated alkanes) is 2. The number of carbonyl (C=O) groups is 14. The summed E-state index contributed by atoms with van der Waals surface area (Å²) in [6.45, 7) is 6.00. The molecule has 1 aliphatic carbocycles. The van der Waals surface area contributed by atoms with Crippen molar-refractivity contribution in [2.45, 2.75) is 154 Å². The van der Waals surface area contributed by atoms with Gasteiger partial charge < -0.3 is 67.6 Å². The normalized spacial score (nSPS) is 17.5. The molecule has 1 saturated heterocycles. The molecule has 1 heterocycles. The first-order chi connectivity index (χ1) is 49.9. The number of Topliss-reactive ketones (excluding diaryl/α,β-unsaturated/α-hetero) is 2. The van der Waals surface area contributed by atoms with Gasteiger partial charge in [-0.2, -0.15) is 0 Å². The fourth-order valence-electron chi connectivity index (χ4n) is 13.1. The van der Waals surface area contributed by atoms with Gasteiger partial charge in [0.05, 0.1) is 32.1 Å². The number of nitrogens with zero attached hydrogens (tertiary/aromatic N) is 4. The molecule has 5 rings (SSSR count). The highest BCUT2D eigenvalue weighted by atomic mass is 16.4. The molecule has 0 spiro atoms. The van der Waals surface area contributed by atoms with Crippen molar-refractivity contribution in [2.24, 2.45) is 29.6 Å². The Morgan fingerprint density at radius 1 is 0.448 bits per heavy atom. The standard InChI is InChI=1S/C74H106N10O21/c1-47(2)36-49-14-19-52(20-15-49)48(3)61(85)40-57(71(99)100)41-63(87)75-26-8-6-12-58(78-64(88)43-81-28-30-82(44-66(91)92)32-34-84(46-68(95)96)35-33-83(31-29-81)45-67(93)94)70(98)77-42-50-16-22-54(23-17-50)62(86)39-56(38-51-18-21-53-10-4-5-11-55(53)37-51)69(97)76-27-9-7-13-59(72(101)102)79-74(105)80-60(73(103)104)24-25-65(89)90/h4-5,10-11,14-15,18-21,37,47-48,50,54,56-60H,6-9,12-13,16-17,22-36,38-46H2,1-3H3,(H,75,87)(H,76,97)(H,77,98)(H,78,88)(H,89,90)(H,91,92)(H,93,94)(H,95,96)(H,99,100)(H,101,102)(H,103,104)(H2,79,80,105). The smallest absolute Gasteiger partial charge is 0.326 e. The Hall–Kier alpha value is -9.46. The number of benzene rings is 3. The number of carboxylic acids is 7. The zero-order valence-corrected chi connectivity index (χ0v) is 60.3. The quantitative estimate of drug-likeness (QED) is 0.0360. The van der Waals surface area contributed by atoms with Crippen LogP contribution in [0.2, 0.25) is 0 Å². The van der Waals surface area contributed by atoms with Crippen molar-refractivity contribution >= 4 is 93.8 Å². The molecule has 2 fully saturated rings. The van der Waals surface area contributed by atoms with Gasteiger partial charge in [-0.25, -0.2) is 14.4 Å². The predicted molar refractivity (Wildman–Crippen MR) is 384 cm³/mol. The number of rotatable bonds is 44. The van der Waals surface area contributed by atoms with E-state index in [9.17, 15) is 97.8 Å². The summed E-state index contributed by atoms with van der Waals surface area (Å²) >= 11 is 0. The fraction of sp³-hybridized carbons (Fsp3) is 0.595. The van der Waals surface area contributed by atoms with E-state index in [-0.39, 0.29) is 167 Å². The molecule has 31 heteroatoms. The lowest BCUT2D eigenvalue weighted by molar-refractivity contribution is -0.146. The van der Waals surface area contributed by atoms with Crippen molar-refractivity contribution in [3.8, 4) is 0 Å². The van der Waals surface area contributed by atoms with Crippen LogP contribution in [0.5, 0.6) is 0 Å². The minimum Gasteiger partial charge on any atom is -0.481 e. The molecule has 0 aromatic heterocycles. The summed E-state index contributed by atoms with van der Waals surface area (Å²) in [4.78, 5) is 185. The number of fused-ring (bicyclic) bond motifs is 1. The Morgan fingerprint density at radius 2 is 0.952 bits per heavy atom. The first kappa shape index (κ1) is 86.2. The third kappa shape index (κ3) is 33.0. The zero-order chi connectivity index (χ0) is 77.1. The number of carboxylic acid groups (broad SMARTS) is 7. The molecule has 6 amide bonds. The van der Waals surface area contributed by atoms with Gasteiger partial charge in [-0.1, -0.05) is 87.5 Å². The van der Waals surface area contributed by atoms with Gasteiger partial charge in [-0.15, -0.1) is 0 Å². The number of hydrogen-bond acceptors (Lipinski definition) is 18. The van der Waals surface area contributed by atoms with Crippen LogP contribution in [0.3, 0.4) is 0 Å². The number of hydrogen-bond donors (Lipinski definition) is 13. The Labute approximate surface area is 610 Å². The van der Waals surface area contributed by atoms with E-state index in [2.05, 4.69) is 45.7 Å². The lowest BCUT2D eigenvalue weighted by Crippen LogP contribution is -2.52. The third-order valence-corrected chi connectivity index (χ3v) is 19.2. The van der Waals surface area contributed by atoms with Crippen molar-refractivity contribution in [1.82, 2.24) is 51.5 Å². The van der Waals surface area contributed by atoms with E-state index in [1.807, 2.05) is 66.7 Å². The molecule has 0 bridgehead atoms. The average Bonchev–Trinajstić information content (AvgIpc) is 0.836. The van der Waals surface area contributed by atoms with Gasteiger partial charge in [0, 0.05) is 115 Å². The van der Waals surface area contributed by atoms with Crippen LogP contribution < -0.4 is 31.9 Å². The Bertz CT molecular complexity index is 3410. The summed E-state index contributed by atoms with van der Waals surface area (Å²) in [5, 5.41) is 85.0. The fourth-order valence-corrected chi connectivity index (χ4v) is 13.1. The summed E-state index contributed by atoms with van der Waals surface area (Å²) in [7, 11) is 0. The maximum atomic E-state index is 14.3. The van der Waals surface area contributed by atoms with Crippen molar-refractivity contribution in [2.75, 3.05) is 98.2 Å². The second-order valence-electron chi connectivity index (χ2n) is 28.1. The molecule has 6 unspecified atom stereocenters. The lowest BCUT2D eigenvalue weighted by atomic mass is 9.77. The van der Waals surface area contributed by atoms with E-state index >= 15 is 0 Å². The number of ketones is 2. The molecule has 1 saturated carbocycles. The van der Waals surface area contributed by atoms with E-state index in [1.54, 1.807) is 26.5 Å². The molecule has 105 heavy (non-hydrogen) atoms. The largest absolute Gasteiger partial charge is 0.481 e. The Morgan fingerprint density at radius 3 is 1.47 bits per heavy atom. The second kappa shape index (κ2) is 45.0. The summed E-state index contributed by atoms with van der Waals surface area (Å²) < 4.78 is 0. The highest BCUT2D eigenvalue weighted by Gasteiger charge is 2.33. The maximum absolute atomic E-state index is 14.3. The number of amides is 6. The minimum atomic E-state index is -1.58. The molecule has 31 nitrogen and oxygen atoms in total. The number of urea groups is 1. The SMILES string of the molecule is CC(C)Cc1ccc(C(C)C(=O)CC(CC(=O)NCCCCC(NC(=O)CN2CCN(CC(=O)O)CCN(CC(=O)O)CCN(CC(=O)O)CC2)C(=O)NCC2CCC(C(=O)CC(Cc3ccc4ccccc4c3)C(=O)NCCCCC(NC(=O)NC(CCC(=O)O)C(=O)O)C(=O)O)CC2)C(=O)O)cc1. The third-order valence-electron chi connectivity index (χ3n) is 19.2. The van der Waals surface area contributed by atoms with Crippen LogP contribution in [-0.2, 0) is 75.2 Å². The molecule has 6 atom stereocenters. The predicted octanol–water partition coefficient (Wildman–Crippen LogP) is 3.54. The number of nitrogens with one attached hydrogen (secondary N) is 6. The molecule has 1 aliphatic heterocycles. The highest BCUT2D eigenvalue weighted by Crippen LogP contribution is 2.32. The molecule has 0 radical (unpaired) electrons. The molecule has 3 aromatic carbocycles. The van der Waals surface area contributed by atoms with E-state index in [0.29, 0.717) is 38.0 Å². The van der Waals surface area contributed by atoms with E-state index < -0.39 is 133 Å². The van der Waals surface area contributed by atoms with Crippen molar-refractivity contribution in [1.29, 1.82) is 0 Å². The first-order valence-electron chi connectivity index (χ1n) is 36.2. The Balaban J connectivity index is 1.22. The molecule has 2 aliphatic rings. The molecule has 578 valence electrons. The molecule has 3 aromatic rings. The lowest BCUT2D eigenvalue weighted by Gasteiger charge is -2.33. The highest BCUT2D eigenvalue weighted by molar-refractivity contribution is 5.92. The van der Waals surface area contributed by atoms with E-state index in [0.717, 1.165) is 33.9 Å². The van der Waals surface area contributed by atoms with Gasteiger partial charge in [0.25, 0.3) is 0 Å². The van der Waals surface area contributed by atoms with Crippen LogP contribution in [0.25, 0.3) is 10.8 Å². The van der Waals surface area contributed by atoms with Crippen LogP contribution >= 0.6 is 0 Å². The maximum Gasteiger partial charge on any atom is 0.326 e. The van der Waals surface area contributed by atoms with Gasteiger partial charge in [0.2, 0.25) is 23.6 Å². The van der Waals surface area contributed by atoms with Gasteiger partial charge in [0.15, 0.2) is 0 Å². The van der Waals surface area contributed by atoms with Crippen molar-refractivity contribution in [3.63, 3.8) is 0 Å². The second-order valence-corrected chi connectivity index (χ2v) is 28.1. The average molecular weight is 1470 g/mol. The number of carbonyl (C=O) groups excluding carboxylic acids is 7. The van der Waals surface area contributed by atoms with Gasteiger partial charge in [0.1, 0.15) is 29.7 Å². The molecule has 13 N–H and O–H groups in total. The van der Waals surface area contributed by atoms with Crippen molar-refractivity contribution < 1.29 is 103 Å². The summed E-state index contributed by atoms with van der Waals surface area (Å²) in [5.41, 5.74) is 2.67. The molecular weight excluding hydrogens is 1360 g/mol. The monoisotopic (exact) mass is 1470 g/mol. The topological polar surface area (TPSA) is 466 Å². The van der Waals surface area contributed by atoms with Gasteiger partial charge in [-0.05, 0) is 123 Å².